The summed E-state index contributed by atoms with van der Waals surface area (Å²) in [7, 11) is -0.777. The molecule has 0 aromatic carbocycles. The number of hydrogen-bond acceptors (Lipinski definition) is 4. The minimum atomic E-state index is -0.777. The van der Waals surface area contributed by atoms with Gasteiger partial charge in [0.1, 0.15) is 0 Å². The predicted molar refractivity (Wildman–Crippen MR) is 63.4 cm³/mol. The van der Waals surface area contributed by atoms with Crippen LogP contribution in [0.4, 0.5) is 0 Å². The molecule has 15 heavy (non-hydrogen) atoms. The second-order valence-corrected chi connectivity index (χ2v) is 5.11. The summed E-state index contributed by atoms with van der Waals surface area (Å²) in [5.41, 5.74) is 0. The second kappa shape index (κ2) is 9.27. The first kappa shape index (κ1) is 15.0. The van der Waals surface area contributed by atoms with Crippen LogP contribution in [0.25, 0.3) is 0 Å². The molecule has 4 nitrogen and oxygen atoms in total. The lowest BCUT2D eigenvalue weighted by Crippen LogP contribution is -2.36. The predicted octanol–water partition coefficient (Wildman–Crippen LogP) is 0.742. The lowest BCUT2D eigenvalue weighted by molar-refractivity contribution is -0.132. The fourth-order valence-corrected chi connectivity index (χ4v) is 1.41. The Labute approximate surface area is 95.2 Å². The molecule has 0 aliphatic rings. The Morgan fingerprint density at radius 1 is 1.20 bits per heavy atom. The van der Waals surface area contributed by atoms with Gasteiger partial charge >= 0.3 is 0 Å². The molecule has 1 N–H and O–H groups in total. The number of nitrogens with one attached hydrogen (secondary N) is 1. The molecule has 0 fully saturated rings. The number of ether oxygens (including phenoxy) is 2. The molecular formula is C10H23NO3S. The van der Waals surface area contributed by atoms with Crippen LogP contribution in [0.3, 0.4) is 0 Å². The molecule has 2 atom stereocenters. The zero-order valence-electron chi connectivity index (χ0n) is 10.1. The van der Waals surface area contributed by atoms with E-state index in [1.807, 2.05) is 20.8 Å². The zero-order chi connectivity index (χ0) is 11.7. The van der Waals surface area contributed by atoms with Crippen molar-refractivity contribution in [1.29, 1.82) is 0 Å². The minimum absolute atomic E-state index is 0.161. The van der Waals surface area contributed by atoms with E-state index < -0.39 is 10.8 Å². The SMILES string of the molecule is CCOC(CNCC(C)S(C)=O)OCC. The fraction of sp³-hybridized carbons (Fsp3) is 1.00. The van der Waals surface area contributed by atoms with Crippen molar-refractivity contribution >= 4 is 10.8 Å². The second-order valence-electron chi connectivity index (χ2n) is 3.31. The summed E-state index contributed by atoms with van der Waals surface area (Å²) in [6.45, 7) is 8.48. The third-order valence-electron chi connectivity index (χ3n) is 2.01. The van der Waals surface area contributed by atoms with Gasteiger partial charge in [0.25, 0.3) is 0 Å². The Morgan fingerprint density at radius 3 is 2.13 bits per heavy atom. The first-order valence-electron chi connectivity index (χ1n) is 5.37. The van der Waals surface area contributed by atoms with E-state index in [2.05, 4.69) is 5.32 Å². The summed E-state index contributed by atoms with van der Waals surface area (Å²) in [5.74, 6) is 0. The van der Waals surface area contributed by atoms with Crippen LogP contribution in [0.1, 0.15) is 20.8 Å². The molecule has 0 aromatic rings. The normalized spacial score (nSPS) is 15.5. The van der Waals surface area contributed by atoms with Gasteiger partial charge in [0.05, 0.1) is 0 Å². The third-order valence-corrected chi connectivity index (χ3v) is 3.31. The topological polar surface area (TPSA) is 47.6 Å². The van der Waals surface area contributed by atoms with Gasteiger partial charge in [0.2, 0.25) is 0 Å². The maximum absolute atomic E-state index is 11.1. The van der Waals surface area contributed by atoms with Crippen LogP contribution in [0.2, 0.25) is 0 Å². The van der Waals surface area contributed by atoms with Crippen molar-refractivity contribution in [3.8, 4) is 0 Å². The fourth-order valence-electron chi connectivity index (χ4n) is 1.06. The van der Waals surface area contributed by atoms with Crippen molar-refractivity contribution in [1.82, 2.24) is 5.32 Å². The summed E-state index contributed by atoms with van der Waals surface area (Å²) in [6.07, 6.45) is 1.52. The molecular weight excluding hydrogens is 214 g/mol. The van der Waals surface area contributed by atoms with Gasteiger partial charge in [-0.3, -0.25) is 4.21 Å². The van der Waals surface area contributed by atoms with Crippen molar-refractivity contribution in [3.05, 3.63) is 0 Å². The highest BCUT2D eigenvalue weighted by Gasteiger charge is 2.09. The zero-order valence-corrected chi connectivity index (χ0v) is 10.9. The molecule has 0 rings (SSSR count). The highest BCUT2D eigenvalue weighted by atomic mass is 32.2. The lowest BCUT2D eigenvalue weighted by Gasteiger charge is -2.18. The van der Waals surface area contributed by atoms with Crippen LogP contribution in [0.15, 0.2) is 0 Å². The summed E-state index contributed by atoms with van der Waals surface area (Å²) < 4.78 is 21.8. The van der Waals surface area contributed by atoms with Crippen molar-refractivity contribution in [3.63, 3.8) is 0 Å². The Kier molecular flexibility index (Phi) is 9.29. The largest absolute Gasteiger partial charge is 0.352 e. The van der Waals surface area contributed by atoms with Gasteiger partial charge in [-0.25, -0.2) is 0 Å². The summed E-state index contributed by atoms with van der Waals surface area (Å²) in [6, 6.07) is 0. The van der Waals surface area contributed by atoms with Crippen molar-refractivity contribution < 1.29 is 13.7 Å². The molecule has 5 heteroatoms. The molecule has 0 aliphatic heterocycles. The maximum Gasteiger partial charge on any atom is 0.169 e. The lowest BCUT2D eigenvalue weighted by atomic mass is 10.4. The van der Waals surface area contributed by atoms with E-state index in [1.165, 1.54) is 0 Å². The minimum Gasteiger partial charge on any atom is -0.352 e. The van der Waals surface area contributed by atoms with E-state index in [-0.39, 0.29) is 11.5 Å². The average Bonchev–Trinajstić information content (AvgIpc) is 2.18. The number of rotatable bonds is 9. The molecule has 92 valence electrons. The van der Waals surface area contributed by atoms with Gasteiger partial charge < -0.3 is 14.8 Å². The van der Waals surface area contributed by atoms with E-state index in [9.17, 15) is 4.21 Å². The van der Waals surface area contributed by atoms with Crippen LogP contribution in [-0.2, 0) is 20.3 Å². The van der Waals surface area contributed by atoms with Gasteiger partial charge in [0, 0.05) is 48.6 Å². The van der Waals surface area contributed by atoms with Crippen LogP contribution >= 0.6 is 0 Å². The van der Waals surface area contributed by atoms with E-state index in [4.69, 9.17) is 9.47 Å². The molecule has 0 amide bonds. The summed E-state index contributed by atoms with van der Waals surface area (Å²) in [5, 5.41) is 3.35. The van der Waals surface area contributed by atoms with Gasteiger partial charge in [-0.1, -0.05) is 0 Å². The summed E-state index contributed by atoms with van der Waals surface area (Å²) in [4.78, 5) is 0. The first-order chi connectivity index (χ1) is 7.11. The van der Waals surface area contributed by atoms with E-state index >= 15 is 0 Å². The molecule has 0 aromatic heterocycles. The van der Waals surface area contributed by atoms with Gasteiger partial charge in [0.15, 0.2) is 6.29 Å². The third kappa shape index (κ3) is 7.90. The smallest absolute Gasteiger partial charge is 0.169 e. The number of hydrogen-bond donors (Lipinski definition) is 1. The Morgan fingerprint density at radius 2 is 1.73 bits per heavy atom. The molecule has 0 saturated heterocycles. The first-order valence-corrected chi connectivity index (χ1v) is 7.00. The molecule has 2 unspecified atom stereocenters. The van der Waals surface area contributed by atoms with E-state index in [1.54, 1.807) is 6.26 Å². The standard InChI is InChI=1S/C10H23NO3S/c1-5-13-10(14-6-2)8-11-7-9(3)15(4)12/h9-11H,5-8H2,1-4H3. The van der Waals surface area contributed by atoms with Gasteiger partial charge in [-0.15, -0.1) is 0 Å². The molecule has 0 aliphatic carbocycles. The molecule has 0 heterocycles. The Balaban J connectivity index is 3.64. The highest BCUT2D eigenvalue weighted by molar-refractivity contribution is 7.84. The van der Waals surface area contributed by atoms with Crippen LogP contribution < -0.4 is 5.32 Å². The summed E-state index contributed by atoms with van der Waals surface area (Å²) >= 11 is 0. The highest BCUT2D eigenvalue weighted by Crippen LogP contribution is 1.95. The van der Waals surface area contributed by atoms with Gasteiger partial charge in [-0.2, -0.15) is 0 Å². The van der Waals surface area contributed by atoms with E-state index in [0.29, 0.717) is 19.8 Å². The van der Waals surface area contributed by atoms with E-state index in [0.717, 1.165) is 6.54 Å². The van der Waals surface area contributed by atoms with Crippen LogP contribution in [0.5, 0.6) is 0 Å². The van der Waals surface area contributed by atoms with Gasteiger partial charge in [-0.05, 0) is 20.8 Å². The average molecular weight is 237 g/mol. The Bertz CT molecular complexity index is 172. The van der Waals surface area contributed by atoms with Crippen molar-refractivity contribution in [2.45, 2.75) is 32.3 Å². The van der Waals surface area contributed by atoms with Crippen molar-refractivity contribution in [2.24, 2.45) is 0 Å². The Hall–Kier alpha value is 0.0300. The van der Waals surface area contributed by atoms with Crippen molar-refractivity contribution in [2.75, 3.05) is 32.6 Å². The quantitative estimate of drug-likeness (QED) is 0.601. The molecule has 0 saturated carbocycles. The molecule has 0 radical (unpaired) electrons. The van der Waals surface area contributed by atoms with Crippen LogP contribution in [0, 0.1) is 0 Å². The van der Waals surface area contributed by atoms with Crippen LogP contribution in [-0.4, -0.2) is 48.3 Å². The molecule has 0 spiro atoms. The monoisotopic (exact) mass is 237 g/mol. The maximum atomic E-state index is 11.1. The molecule has 0 bridgehead atoms.